The number of aromatic nitrogens is 1. The SMILES string of the molecule is C1=CCNC(c2nc3c(o2)CCCN(C2=NCC=CN2)C3)=C1. The van der Waals surface area contributed by atoms with Crippen molar-refractivity contribution in [2.24, 2.45) is 4.99 Å². The van der Waals surface area contributed by atoms with Crippen LogP contribution >= 0.6 is 0 Å². The number of dihydropyridines is 1. The Bertz CT molecular complexity index is 683. The standard InChI is InChI=1S/C16H19N5O/c1-2-7-17-12(5-1)15-20-13-11-21(10-3-6-14(13)22-15)16-18-8-4-9-19-16/h1-2,4-5,8,17H,3,6-7,9-11H2,(H,18,19). The molecule has 2 N–H and O–H groups in total. The van der Waals surface area contributed by atoms with E-state index in [4.69, 9.17) is 9.40 Å². The largest absolute Gasteiger partial charge is 0.440 e. The summed E-state index contributed by atoms with van der Waals surface area (Å²) in [5.41, 5.74) is 1.97. The summed E-state index contributed by atoms with van der Waals surface area (Å²) in [7, 11) is 0. The minimum atomic E-state index is 0.689. The van der Waals surface area contributed by atoms with Gasteiger partial charge in [0.1, 0.15) is 11.5 Å². The van der Waals surface area contributed by atoms with Gasteiger partial charge in [-0.25, -0.2) is 9.98 Å². The predicted octanol–water partition coefficient (Wildman–Crippen LogP) is 1.40. The van der Waals surface area contributed by atoms with Crippen LogP contribution in [0.15, 0.2) is 39.9 Å². The van der Waals surface area contributed by atoms with E-state index < -0.39 is 0 Å². The van der Waals surface area contributed by atoms with Gasteiger partial charge in [0.25, 0.3) is 0 Å². The second-order valence-electron chi connectivity index (χ2n) is 5.51. The number of hydrogen-bond acceptors (Lipinski definition) is 6. The zero-order chi connectivity index (χ0) is 14.8. The third-order valence-corrected chi connectivity index (χ3v) is 3.97. The van der Waals surface area contributed by atoms with Crippen molar-refractivity contribution in [2.75, 3.05) is 19.6 Å². The van der Waals surface area contributed by atoms with Crippen molar-refractivity contribution in [1.29, 1.82) is 0 Å². The molecule has 0 unspecified atom stereocenters. The molecule has 0 saturated carbocycles. The Hall–Kier alpha value is -2.50. The number of nitrogens with one attached hydrogen (secondary N) is 2. The lowest BCUT2D eigenvalue weighted by Gasteiger charge is -2.24. The molecular weight excluding hydrogens is 278 g/mol. The maximum Gasteiger partial charge on any atom is 0.243 e. The lowest BCUT2D eigenvalue weighted by atomic mass is 10.2. The van der Waals surface area contributed by atoms with Crippen LogP contribution in [0.3, 0.4) is 0 Å². The van der Waals surface area contributed by atoms with Crippen LogP contribution < -0.4 is 10.6 Å². The number of fused-ring (bicyclic) bond motifs is 1. The summed E-state index contributed by atoms with van der Waals surface area (Å²) in [6, 6.07) is 0. The number of guanidine groups is 1. The molecule has 0 spiro atoms. The van der Waals surface area contributed by atoms with E-state index in [1.807, 2.05) is 24.4 Å². The summed E-state index contributed by atoms with van der Waals surface area (Å²) >= 11 is 0. The molecule has 4 heterocycles. The maximum atomic E-state index is 5.98. The predicted molar refractivity (Wildman–Crippen MR) is 84.9 cm³/mol. The van der Waals surface area contributed by atoms with E-state index in [2.05, 4.69) is 26.6 Å². The molecule has 6 heteroatoms. The summed E-state index contributed by atoms with van der Waals surface area (Å²) in [6.07, 6.45) is 12.0. The summed E-state index contributed by atoms with van der Waals surface area (Å²) < 4.78 is 5.98. The molecule has 3 aliphatic rings. The molecule has 0 saturated heterocycles. The van der Waals surface area contributed by atoms with E-state index in [0.29, 0.717) is 5.89 Å². The van der Waals surface area contributed by atoms with Crippen LogP contribution in [0.25, 0.3) is 5.70 Å². The number of aliphatic imine (C=N–C) groups is 1. The van der Waals surface area contributed by atoms with E-state index in [-0.39, 0.29) is 0 Å². The summed E-state index contributed by atoms with van der Waals surface area (Å²) in [6.45, 7) is 3.25. The van der Waals surface area contributed by atoms with E-state index in [9.17, 15) is 0 Å². The van der Waals surface area contributed by atoms with Crippen molar-refractivity contribution in [1.82, 2.24) is 20.5 Å². The van der Waals surface area contributed by atoms with Crippen molar-refractivity contribution < 1.29 is 4.42 Å². The average molecular weight is 297 g/mol. The van der Waals surface area contributed by atoms with Gasteiger partial charge in [0.2, 0.25) is 5.89 Å². The minimum Gasteiger partial charge on any atom is -0.440 e. The Morgan fingerprint density at radius 2 is 2.27 bits per heavy atom. The fourth-order valence-electron chi connectivity index (χ4n) is 2.86. The zero-order valence-corrected chi connectivity index (χ0v) is 12.4. The quantitative estimate of drug-likeness (QED) is 0.820. The second-order valence-corrected chi connectivity index (χ2v) is 5.51. The lowest BCUT2D eigenvalue weighted by Crippen LogP contribution is -2.40. The highest BCUT2D eigenvalue weighted by Crippen LogP contribution is 2.23. The summed E-state index contributed by atoms with van der Waals surface area (Å²) in [4.78, 5) is 11.5. The Labute approximate surface area is 129 Å². The molecular formula is C16H19N5O. The smallest absolute Gasteiger partial charge is 0.243 e. The highest BCUT2D eigenvalue weighted by Gasteiger charge is 2.23. The number of nitrogens with zero attached hydrogens (tertiary/aromatic N) is 3. The fourth-order valence-corrected chi connectivity index (χ4v) is 2.86. The monoisotopic (exact) mass is 297 g/mol. The van der Waals surface area contributed by atoms with Gasteiger partial charge in [-0.2, -0.15) is 0 Å². The van der Waals surface area contributed by atoms with Gasteiger partial charge in [-0.15, -0.1) is 0 Å². The highest BCUT2D eigenvalue weighted by atomic mass is 16.4. The van der Waals surface area contributed by atoms with E-state index in [1.54, 1.807) is 0 Å². The molecule has 1 aromatic heterocycles. The van der Waals surface area contributed by atoms with Gasteiger partial charge in [0.15, 0.2) is 5.96 Å². The van der Waals surface area contributed by atoms with Gasteiger partial charge < -0.3 is 20.0 Å². The lowest BCUT2D eigenvalue weighted by molar-refractivity contribution is 0.398. The first-order valence-electron chi connectivity index (χ1n) is 7.71. The van der Waals surface area contributed by atoms with Gasteiger partial charge in [0.05, 0.1) is 18.8 Å². The highest BCUT2D eigenvalue weighted by molar-refractivity contribution is 5.81. The molecule has 0 fully saturated rings. The van der Waals surface area contributed by atoms with Crippen LogP contribution in [0.1, 0.15) is 23.8 Å². The minimum absolute atomic E-state index is 0.689. The molecule has 0 bridgehead atoms. The number of oxazole rings is 1. The zero-order valence-electron chi connectivity index (χ0n) is 12.4. The molecule has 3 aliphatic heterocycles. The Morgan fingerprint density at radius 1 is 1.27 bits per heavy atom. The van der Waals surface area contributed by atoms with Crippen LogP contribution in [-0.4, -0.2) is 35.5 Å². The molecule has 1 aromatic rings. The van der Waals surface area contributed by atoms with Crippen molar-refractivity contribution in [3.8, 4) is 0 Å². The molecule has 6 nitrogen and oxygen atoms in total. The van der Waals surface area contributed by atoms with Crippen LogP contribution in [0.4, 0.5) is 0 Å². The number of hydrogen-bond donors (Lipinski definition) is 2. The van der Waals surface area contributed by atoms with E-state index in [1.165, 1.54) is 0 Å². The molecule has 4 rings (SSSR count). The normalized spacial score (nSPS) is 20.5. The van der Waals surface area contributed by atoms with Crippen LogP contribution in [0.2, 0.25) is 0 Å². The second kappa shape index (κ2) is 5.71. The molecule has 0 amide bonds. The first-order valence-corrected chi connectivity index (χ1v) is 7.71. The van der Waals surface area contributed by atoms with Gasteiger partial charge >= 0.3 is 0 Å². The first-order chi connectivity index (χ1) is 10.9. The van der Waals surface area contributed by atoms with Gasteiger partial charge in [-0.3, -0.25) is 0 Å². The van der Waals surface area contributed by atoms with Crippen molar-refractivity contribution in [2.45, 2.75) is 19.4 Å². The van der Waals surface area contributed by atoms with Gasteiger partial charge in [-0.05, 0) is 18.6 Å². The third-order valence-electron chi connectivity index (χ3n) is 3.97. The molecule has 0 radical (unpaired) electrons. The summed E-state index contributed by atoms with van der Waals surface area (Å²) in [5.74, 6) is 2.62. The van der Waals surface area contributed by atoms with Gasteiger partial charge in [0, 0.05) is 25.7 Å². The van der Waals surface area contributed by atoms with E-state index in [0.717, 1.165) is 62.1 Å². The number of rotatable bonds is 1. The topological polar surface area (TPSA) is 65.7 Å². The molecule has 0 aromatic carbocycles. The van der Waals surface area contributed by atoms with Crippen LogP contribution in [0, 0.1) is 0 Å². The fraction of sp³-hybridized carbons (Fsp3) is 0.375. The molecule has 0 atom stereocenters. The van der Waals surface area contributed by atoms with Crippen molar-refractivity contribution >= 4 is 11.7 Å². The maximum absolute atomic E-state index is 5.98. The summed E-state index contributed by atoms with van der Waals surface area (Å²) in [5, 5.41) is 6.52. The Morgan fingerprint density at radius 3 is 3.09 bits per heavy atom. The van der Waals surface area contributed by atoms with Gasteiger partial charge in [-0.1, -0.05) is 12.2 Å². The van der Waals surface area contributed by atoms with Crippen molar-refractivity contribution in [3.63, 3.8) is 0 Å². The molecule has 0 aliphatic carbocycles. The third kappa shape index (κ3) is 2.52. The van der Waals surface area contributed by atoms with Crippen LogP contribution in [0.5, 0.6) is 0 Å². The first kappa shape index (κ1) is 13.2. The average Bonchev–Trinajstić information content (AvgIpc) is 2.88. The van der Waals surface area contributed by atoms with Crippen LogP contribution in [-0.2, 0) is 13.0 Å². The van der Waals surface area contributed by atoms with E-state index >= 15 is 0 Å². The molecule has 114 valence electrons. The Balaban J connectivity index is 1.58. The number of aryl methyl sites for hydroxylation is 1. The number of allylic oxidation sites excluding steroid dienone is 2. The Kier molecular flexibility index (Phi) is 3.42. The molecule has 22 heavy (non-hydrogen) atoms. The van der Waals surface area contributed by atoms with Crippen molar-refractivity contribution in [3.05, 3.63) is 47.8 Å².